The number of nitrogens with one attached hydrogen (secondary N) is 1. The molecule has 0 aliphatic rings. The van der Waals surface area contributed by atoms with Crippen LogP contribution in [-0.4, -0.2) is 23.2 Å². The van der Waals surface area contributed by atoms with Crippen LogP contribution in [0.15, 0.2) is 47.0 Å². The van der Waals surface area contributed by atoms with E-state index in [1.807, 2.05) is 56.3 Å². The minimum absolute atomic E-state index is 0.0828. The lowest BCUT2D eigenvalue weighted by molar-refractivity contribution is -0.115. The summed E-state index contributed by atoms with van der Waals surface area (Å²) < 4.78 is 10.4. The molecular weight excluding hydrogens is 342 g/mol. The Morgan fingerprint density at radius 2 is 1.89 bits per heavy atom. The van der Waals surface area contributed by atoms with Gasteiger partial charge in [0.1, 0.15) is 5.75 Å². The maximum absolute atomic E-state index is 12.2. The minimum atomic E-state index is -0.161. The van der Waals surface area contributed by atoms with Crippen LogP contribution in [0.3, 0.4) is 0 Å². The molecule has 27 heavy (non-hydrogen) atoms. The Morgan fingerprint density at radius 1 is 1.11 bits per heavy atom. The second kappa shape index (κ2) is 8.49. The fourth-order valence-electron chi connectivity index (χ4n) is 2.72. The number of methoxy groups -OCH3 is 1. The molecule has 0 unspecified atom stereocenters. The van der Waals surface area contributed by atoms with Gasteiger partial charge in [-0.25, -0.2) is 0 Å². The average molecular weight is 365 g/mol. The van der Waals surface area contributed by atoms with E-state index in [4.69, 9.17) is 9.26 Å². The van der Waals surface area contributed by atoms with Gasteiger partial charge in [-0.05, 0) is 55.2 Å². The van der Waals surface area contributed by atoms with E-state index < -0.39 is 0 Å². The first-order chi connectivity index (χ1) is 13.0. The van der Waals surface area contributed by atoms with Crippen molar-refractivity contribution in [1.82, 2.24) is 10.1 Å². The smallest absolute Gasteiger partial charge is 0.232 e. The highest BCUT2D eigenvalue weighted by atomic mass is 16.5. The minimum Gasteiger partial charge on any atom is -0.497 e. The summed E-state index contributed by atoms with van der Waals surface area (Å²) in [5.74, 6) is 1.59. The largest absolute Gasteiger partial charge is 0.497 e. The van der Waals surface area contributed by atoms with Crippen molar-refractivity contribution in [1.29, 1.82) is 0 Å². The van der Waals surface area contributed by atoms with Gasteiger partial charge in [-0.2, -0.15) is 4.98 Å². The molecule has 1 aromatic heterocycles. The Balaban J connectivity index is 1.53. The molecule has 0 atom stereocenters. The number of nitrogens with zero attached hydrogens (tertiary/aromatic N) is 2. The number of aromatic nitrogens is 2. The van der Waals surface area contributed by atoms with Gasteiger partial charge < -0.3 is 14.6 Å². The van der Waals surface area contributed by atoms with E-state index in [9.17, 15) is 4.79 Å². The van der Waals surface area contributed by atoms with Gasteiger partial charge in [-0.3, -0.25) is 4.79 Å². The van der Waals surface area contributed by atoms with Crippen molar-refractivity contribution >= 4 is 11.6 Å². The zero-order valence-corrected chi connectivity index (χ0v) is 15.8. The van der Waals surface area contributed by atoms with E-state index in [1.54, 1.807) is 7.11 Å². The van der Waals surface area contributed by atoms with Crippen LogP contribution < -0.4 is 10.1 Å². The van der Waals surface area contributed by atoms with Crippen LogP contribution in [0.2, 0.25) is 0 Å². The van der Waals surface area contributed by atoms with Crippen molar-refractivity contribution in [3.8, 4) is 5.75 Å². The predicted molar refractivity (Wildman–Crippen MR) is 103 cm³/mol. The molecular formula is C21H23N3O3. The molecule has 140 valence electrons. The standard InChI is InChI=1S/C21H23N3O3/c1-14-4-5-15(2)18(12-14)22-20(25)13-19-23-21(27-24-19)11-8-16-6-9-17(26-3)10-7-16/h4-7,9-10,12H,8,11,13H2,1-3H3,(H,22,25). The number of rotatable bonds is 7. The predicted octanol–water partition coefficient (Wildman–Crippen LogP) is 3.66. The molecule has 1 N–H and O–H groups in total. The van der Waals surface area contributed by atoms with Gasteiger partial charge in [-0.1, -0.05) is 29.4 Å². The highest BCUT2D eigenvalue weighted by Gasteiger charge is 2.12. The topological polar surface area (TPSA) is 77.2 Å². The molecule has 0 aliphatic carbocycles. The normalized spacial score (nSPS) is 10.6. The molecule has 0 spiro atoms. The van der Waals surface area contributed by atoms with Crippen molar-refractivity contribution in [2.24, 2.45) is 0 Å². The third-order valence-electron chi connectivity index (χ3n) is 4.28. The summed E-state index contributed by atoms with van der Waals surface area (Å²) in [7, 11) is 1.64. The lowest BCUT2D eigenvalue weighted by atomic mass is 10.1. The van der Waals surface area contributed by atoms with E-state index >= 15 is 0 Å². The second-order valence-corrected chi connectivity index (χ2v) is 6.50. The number of carbonyl (C=O) groups is 1. The molecule has 0 saturated heterocycles. The van der Waals surface area contributed by atoms with Gasteiger partial charge >= 0.3 is 0 Å². The van der Waals surface area contributed by atoms with Crippen molar-refractivity contribution in [2.45, 2.75) is 33.1 Å². The lowest BCUT2D eigenvalue weighted by Crippen LogP contribution is -2.16. The molecule has 0 fully saturated rings. The molecule has 0 bridgehead atoms. The Kier molecular flexibility index (Phi) is 5.86. The second-order valence-electron chi connectivity index (χ2n) is 6.50. The van der Waals surface area contributed by atoms with Crippen LogP contribution in [0.5, 0.6) is 5.75 Å². The Labute approximate surface area is 158 Å². The van der Waals surface area contributed by atoms with E-state index in [0.717, 1.165) is 34.5 Å². The van der Waals surface area contributed by atoms with Gasteiger partial charge in [0.2, 0.25) is 11.8 Å². The summed E-state index contributed by atoms with van der Waals surface area (Å²) in [6.45, 7) is 3.95. The van der Waals surface area contributed by atoms with Crippen LogP contribution in [0.25, 0.3) is 0 Å². The number of benzene rings is 2. The molecule has 1 amide bonds. The summed E-state index contributed by atoms with van der Waals surface area (Å²) in [5, 5.41) is 6.82. The number of ether oxygens (including phenoxy) is 1. The fourth-order valence-corrected chi connectivity index (χ4v) is 2.72. The third kappa shape index (κ3) is 5.17. The summed E-state index contributed by atoms with van der Waals surface area (Å²) in [4.78, 5) is 16.6. The van der Waals surface area contributed by atoms with Crippen LogP contribution in [-0.2, 0) is 24.1 Å². The van der Waals surface area contributed by atoms with Gasteiger partial charge in [0, 0.05) is 12.1 Å². The van der Waals surface area contributed by atoms with Crippen molar-refractivity contribution in [3.63, 3.8) is 0 Å². The Bertz CT molecular complexity index is 917. The van der Waals surface area contributed by atoms with Gasteiger partial charge in [-0.15, -0.1) is 0 Å². The molecule has 2 aromatic carbocycles. The van der Waals surface area contributed by atoms with Crippen molar-refractivity contribution < 1.29 is 14.1 Å². The summed E-state index contributed by atoms with van der Waals surface area (Å²) in [5.41, 5.74) is 4.07. The summed E-state index contributed by atoms with van der Waals surface area (Å²) in [6.07, 6.45) is 1.48. The number of hydrogen-bond donors (Lipinski definition) is 1. The van der Waals surface area contributed by atoms with Crippen LogP contribution in [0.4, 0.5) is 5.69 Å². The van der Waals surface area contributed by atoms with Crippen molar-refractivity contribution in [3.05, 3.63) is 70.9 Å². The zero-order chi connectivity index (χ0) is 19.2. The quantitative estimate of drug-likeness (QED) is 0.691. The number of anilines is 1. The SMILES string of the molecule is COc1ccc(CCc2nc(CC(=O)Nc3cc(C)ccc3C)no2)cc1. The maximum Gasteiger partial charge on any atom is 0.232 e. The first kappa shape index (κ1) is 18.6. The summed E-state index contributed by atoms with van der Waals surface area (Å²) >= 11 is 0. The molecule has 6 heteroatoms. The van der Waals surface area contributed by atoms with E-state index in [0.29, 0.717) is 18.1 Å². The van der Waals surface area contributed by atoms with E-state index in [1.165, 1.54) is 0 Å². The molecule has 1 heterocycles. The Hall–Kier alpha value is -3.15. The number of amides is 1. The molecule has 3 rings (SSSR count). The maximum atomic E-state index is 12.2. The molecule has 0 aliphatic heterocycles. The van der Waals surface area contributed by atoms with Crippen molar-refractivity contribution in [2.75, 3.05) is 12.4 Å². The lowest BCUT2D eigenvalue weighted by Gasteiger charge is -2.08. The van der Waals surface area contributed by atoms with Crippen LogP contribution in [0, 0.1) is 13.8 Å². The van der Waals surface area contributed by atoms with E-state index in [2.05, 4.69) is 15.5 Å². The van der Waals surface area contributed by atoms with E-state index in [-0.39, 0.29) is 12.3 Å². The molecule has 0 saturated carbocycles. The van der Waals surface area contributed by atoms with Crippen LogP contribution >= 0.6 is 0 Å². The zero-order valence-electron chi connectivity index (χ0n) is 15.8. The van der Waals surface area contributed by atoms with Gasteiger partial charge in [0.05, 0.1) is 13.5 Å². The molecule has 6 nitrogen and oxygen atoms in total. The Morgan fingerprint density at radius 3 is 2.63 bits per heavy atom. The number of hydrogen-bond acceptors (Lipinski definition) is 5. The number of carbonyl (C=O) groups excluding carboxylic acids is 1. The molecule has 0 radical (unpaired) electrons. The average Bonchev–Trinajstić information content (AvgIpc) is 3.10. The highest BCUT2D eigenvalue weighted by Crippen LogP contribution is 2.17. The highest BCUT2D eigenvalue weighted by molar-refractivity contribution is 5.92. The monoisotopic (exact) mass is 365 g/mol. The third-order valence-corrected chi connectivity index (χ3v) is 4.28. The number of aryl methyl sites for hydroxylation is 4. The van der Waals surface area contributed by atoms with Gasteiger partial charge in [0.25, 0.3) is 0 Å². The first-order valence-corrected chi connectivity index (χ1v) is 8.85. The molecule has 3 aromatic rings. The fraction of sp³-hybridized carbons (Fsp3) is 0.286. The first-order valence-electron chi connectivity index (χ1n) is 8.85. The summed E-state index contributed by atoms with van der Waals surface area (Å²) in [6, 6.07) is 13.8. The van der Waals surface area contributed by atoms with Gasteiger partial charge in [0.15, 0.2) is 5.82 Å². The van der Waals surface area contributed by atoms with Crippen LogP contribution in [0.1, 0.15) is 28.4 Å².